The normalized spacial score (nSPS) is 11.4. The number of thiophene rings is 1. The summed E-state index contributed by atoms with van der Waals surface area (Å²) in [7, 11) is -3.52. The van der Waals surface area contributed by atoms with Crippen LogP contribution in [0.25, 0.3) is 0 Å². The van der Waals surface area contributed by atoms with Gasteiger partial charge in [-0.2, -0.15) is 0 Å². The van der Waals surface area contributed by atoms with E-state index in [9.17, 15) is 8.42 Å². The van der Waals surface area contributed by atoms with Crippen molar-refractivity contribution in [1.29, 1.82) is 0 Å². The summed E-state index contributed by atoms with van der Waals surface area (Å²) in [6.45, 7) is 1.83. The Kier molecular flexibility index (Phi) is 3.42. The van der Waals surface area contributed by atoms with E-state index in [2.05, 4.69) is 10.8 Å². The fraction of sp³-hybridized carbons (Fsp3) is 0.0909. The second-order valence-electron chi connectivity index (χ2n) is 3.42. The summed E-state index contributed by atoms with van der Waals surface area (Å²) in [6.07, 6.45) is 0. The smallest absolute Gasteiger partial charge is 0.271 e. The number of aryl methyl sites for hydroxylation is 1. The molecule has 2 rings (SSSR count). The molecule has 1 radical (unpaired) electrons. The van der Waals surface area contributed by atoms with Crippen molar-refractivity contribution in [3.05, 3.63) is 46.3 Å². The van der Waals surface area contributed by atoms with E-state index in [-0.39, 0.29) is 4.21 Å². The van der Waals surface area contributed by atoms with Gasteiger partial charge in [-0.15, -0.1) is 11.3 Å². The molecule has 6 heteroatoms. The quantitative estimate of drug-likeness (QED) is 0.941. The largest absolute Gasteiger partial charge is 0.278 e. The topological polar surface area (TPSA) is 46.2 Å². The van der Waals surface area contributed by atoms with Gasteiger partial charge in [0.2, 0.25) is 0 Å². The first-order chi connectivity index (χ1) is 7.99. The zero-order chi connectivity index (χ0) is 12.5. The molecular formula is C11H9ClNO2S2. The highest BCUT2D eigenvalue weighted by atomic mass is 35.5. The van der Waals surface area contributed by atoms with Crippen molar-refractivity contribution in [3.63, 3.8) is 0 Å². The molecule has 0 aliphatic heterocycles. The van der Waals surface area contributed by atoms with Gasteiger partial charge in [0.25, 0.3) is 10.0 Å². The van der Waals surface area contributed by atoms with Gasteiger partial charge in [0.05, 0.1) is 5.69 Å². The number of halogens is 1. The Morgan fingerprint density at radius 2 is 2.24 bits per heavy atom. The summed E-state index contributed by atoms with van der Waals surface area (Å²) in [5.74, 6) is 0. The Bertz CT molecular complexity index is 621. The van der Waals surface area contributed by atoms with E-state index in [0.29, 0.717) is 10.7 Å². The number of hydrogen-bond acceptors (Lipinski definition) is 3. The van der Waals surface area contributed by atoms with Crippen molar-refractivity contribution in [2.75, 3.05) is 4.72 Å². The first kappa shape index (κ1) is 12.4. The van der Waals surface area contributed by atoms with Crippen molar-refractivity contribution >= 4 is 38.6 Å². The minimum Gasteiger partial charge on any atom is -0.278 e. The number of hydrogen-bond donors (Lipinski definition) is 1. The molecule has 1 heterocycles. The van der Waals surface area contributed by atoms with Gasteiger partial charge in [-0.05, 0) is 36.1 Å². The van der Waals surface area contributed by atoms with Crippen LogP contribution in [-0.4, -0.2) is 8.42 Å². The molecule has 1 aromatic heterocycles. The number of rotatable bonds is 3. The van der Waals surface area contributed by atoms with Crippen LogP contribution in [0.1, 0.15) is 5.56 Å². The van der Waals surface area contributed by atoms with Crippen molar-refractivity contribution in [1.82, 2.24) is 0 Å². The van der Waals surface area contributed by atoms with Gasteiger partial charge < -0.3 is 0 Å². The third kappa shape index (κ3) is 2.80. The predicted molar refractivity (Wildman–Crippen MR) is 70.2 cm³/mol. The predicted octanol–water partition coefficient (Wildman–Crippen LogP) is 3.31. The van der Waals surface area contributed by atoms with Gasteiger partial charge in [0.15, 0.2) is 0 Å². The van der Waals surface area contributed by atoms with Crippen molar-refractivity contribution in [2.24, 2.45) is 0 Å². The lowest BCUT2D eigenvalue weighted by Crippen LogP contribution is -2.11. The lowest BCUT2D eigenvalue weighted by molar-refractivity contribution is 0.603. The third-order valence-corrected chi connectivity index (χ3v) is 5.27. The zero-order valence-electron chi connectivity index (χ0n) is 8.90. The Morgan fingerprint density at radius 3 is 2.82 bits per heavy atom. The lowest BCUT2D eigenvalue weighted by atomic mass is 10.2. The molecule has 0 saturated carbocycles. The molecule has 17 heavy (non-hydrogen) atoms. The van der Waals surface area contributed by atoms with E-state index >= 15 is 0 Å². The molecule has 89 valence electrons. The van der Waals surface area contributed by atoms with E-state index in [4.69, 9.17) is 11.6 Å². The van der Waals surface area contributed by atoms with Crippen LogP contribution in [0.5, 0.6) is 0 Å². The molecule has 1 N–H and O–H groups in total. The van der Waals surface area contributed by atoms with Gasteiger partial charge >= 0.3 is 0 Å². The first-order valence-corrected chi connectivity index (χ1v) is 7.47. The summed E-state index contributed by atoms with van der Waals surface area (Å²) in [5, 5.41) is 2.22. The third-order valence-electron chi connectivity index (χ3n) is 2.10. The number of anilines is 1. The Labute approximate surface area is 109 Å². The molecular weight excluding hydrogens is 278 g/mol. The lowest BCUT2D eigenvalue weighted by Gasteiger charge is -2.07. The average Bonchev–Trinajstić information content (AvgIpc) is 2.77. The number of sulfonamides is 1. The zero-order valence-corrected chi connectivity index (χ0v) is 11.3. The maximum atomic E-state index is 11.9. The molecule has 0 spiro atoms. The molecule has 0 bridgehead atoms. The molecule has 0 aliphatic rings. The average molecular weight is 287 g/mol. The molecule has 0 fully saturated rings. The molecule has 2 aromatic rings. The minimum atomic E-state index is -3.52. The second kappa shape index (κ2) is 4.68. The van der Waals surface area contributed by atoms with Gasteiger partial charge in [0, 0.05) is 11.1 Å². The molecule has 1 aromatic carbocycles. The van der Waals surface area contributed by atoms with Gasteiger partial charge in [-0.1, -0.05) is 17.7 Å². The van der Waals surface area contributed by atoms with Gasteiger partial charge in [-0.25, -0.2) is 8.42 Å². The van der Waals surface area contributed by atoms with Crippen LogP contribution in [0.2, 0.25) is 5.02 Å². The standard InChI is InChI=1S/C11H9ClNO2S2/c1-8-4-5-9(7-10(8)12)13-17(14,15)11-3-2-6-16-11/h2-4,6-7,13H,1H3. The SMILES string of the molecule is Cc1c[c]c(NS(=O)(=O)c2cccs2)cc1Cl. The van der Waals surface area contributed by atoms with Crippen LogP contribution in [0.15, 0.2) is 33.9 Å². The van der Waals surface area contributed by atoms with E-state index in [1.807, 2.05) is 6.92 Å². The minimum absolute atomic E-state index is 0.266. The Balaban J connectivity index is 2.30. The first-order valence-electron chi connectivity index (χ1n) is 4.73. The van der Waals surface area contributed by atoms with Gasteiger partial charge in [-0.3, -0.25) is 4.72 Å². The second-order valence-corrected chi connectivity index (χ2v) is 6.68. The van der Waals surface area contributed by atoms with Crippen LogP contribution in [0.4, 0.5) is 5.69 Å². The molecule has 0 aliphatic carbocycles. The maximum Gasteiger partial charge on any atom is 0.271 e. The van der Waals surface area contributed by atoms with Crippen LogP contribution in [0, 0.1) is 13.0 Å². The summed E-state index contributed by atoms with van der Waals surface area (Å²) in [5.41, 5.74) is 1.19. The van der Waals surface area contributed by atoms with E-state index < -0.39 is 10.0 Å². The molecule has 0 amide bonds. The summed E-state index contributed by atoms with van der Waals surface area (Å²) in [6, 6.07) is 9.25. The molecule has 0 unspecified atom stereocenters. The molecule has 0 atom stereocenters. The van der Waals surface area contributed by atoms with Crippen LogP contribution in [-0.2, 0) is 10.0 Å². The van der Waals surface area contributed by atoms with Crippen molar-refractivity contribution in [3.8, 4) is 0 Å². The highest BCUT2D eigenvalue weighted by Crippen LogP contribution is 2.23. The fourth-order valence-corrected chi connectivity index (χ4v) is 3.38. The van der Waals surface area contributed by atoms with E-state index in [1.54, 1.807) is 29.6 Å². The van der Waals surface area contributed by atoms with Crippen LogP contribution in [0.3, 0.4) is 0 Å². The number of benzene rings is 1. The van der Waals surface area contributed by atoms with E-state index in [1.165, 1.54) is 0 Å². The Hall–Kier alpha value is -1.04. The van der Waals surface area contributed by atoms with Crippen LogP contribution >= 0.6 is 22.9 Å². The van der Waals surface area contributed by atoms with Gasteiger partial charge in [0.1, 0.15) is 4.21 Å². The summed E-state index contributed by atoms with van der Waals surface area (Å²) in [4.78, 5) is 0. The molecule has 3 nitrogen and oxygen atoms in total. The fourth-order valence-electron chi connectivity index (χ4n) is 1.21. The van der Waals surface area contributed by atoms with Crippen molar-refractivity contribution in [2.45, 2.75) is 11.1 Å². The molecule has 0 saturated heterocycles. The highest BCUT2D eigenvalue weighted by molar-refractivity contribution is 7.94. The maximum absolute atomic E-state index is 11.9. The summed E-state index contributed by atoms with van der Waals surface area (Å²) >= 11 is 7.07. The monoisotopic (exact) mass is 286 g/mol. The van der Waals surface area contributed by atoms with Crippen LogP contribution < -0.4 is 4.72 Å². The Morgan fingerprint density at radius 1 is 1.47 bits per heavy atom. The summed E-state index contributed by atoms with van der Waals surface area (Å²) < 4.78 is 26.5. The highest BCUT2D eigenvalue weighted by Gasteiger charge is 2.15. The van der Waals surface area contributed by atoms with E-state index in [0.717, 1.165) is 16.9 Å². The number of nitrogens with one attached hydrogen (secondary N) is 1. The van der Waals surface area contributed by atoms with Crippen molar-refractivity contribution < 1.29 is 8.42 Å².